The molecule has 0 aliphatic carbocycles. The zero-order chi connectivity index (χ0) is 85.6. The summed E-state index contributed by atoms with van der Waals surface area (Å²) < 4.78 is 7.38. The van der Waals surface area contributed by atoms with Gasteiger partial charge in [-0.3, -0.25) is 0 Å². The van der Waals surface area contributed by atoms with Gasteiger partial charge in [0.2, 0.25) is 0 Å². The van der Waals surface area contributed by atoms with Gasteiger partial charge in [-0.2, -0.15) is 0 Å². The molecule has 606 valence electrons. The van der Waals surface area contributed by atoms with E-state index in [1.54, 1.807) is 0 Å². The molecule has 2 aliphatic rings. The topological polar surface area (TPSA) is 21.3 Å². The largest absolute Gasteiger partial charge is 0.310 e. The molecule has 0 N–H and O–H groups in total. The number of nitrogens with zero attached hydrogens (tertiary/aromatic N) is 5. The fourth-order valence-electron chi connectivity index (χ4n) is 20.9. The molecule has 128 heavy (non-hydrogen) atoms. The van der Waals surface area contributed by atoms with Gasteiger partial charge in [-0.15, -0.1) is 0 Å². The number of aromatic nitrogens is 3. The molecule has 0 atom stereocenters. The van der Waals surface area contributed by atoms with Gasteiger partial charge in [0.25, 0.3) is 6.71 Å². The maximum atomic E-state index is 2.74. The number of benzene rings is 19. The summed E-state index contributed by atoms with van der Waals surface area (Å²) in [6.07, 6.45) is 0. The second kappa shape index (κ2) is 30.0. The van der Waals surface area contributed by atoms with Crippen molar-refractivity contribution in [1.29, 1.82) is 0 Å². The summed E-state index contributed by atoms with van der Waals surface area (Å²) in [5, 5.41) is 7.18. The molecule has 0 spiro atoms. The molecule has 0 radical (unpaired) electrons. The minimum Gasteiger partial charge on any atom is -0.310 e. The van der Waals surface area contributed by atoms with Crippen molar-refractivity contribution in [3.8, 4) is 106 Å². The van der Waals surface area contributed by atoms with Gasteiger partial charge in [0, 0.05) is 94.4 Å². The summed E-state index contributed by atoms with van der Waals surface area (Å²) in [7, 11) is 0. The first-order valence-electron chi connectivity index (χ1n) is 44.8. The SMILES string of the molecule is CC(C)(C)c1ccc(-c2cc(-c3ccccc3)c(N3c4cc(-c5ccc6c(c5)c5ccccc5n6-c5ccccc5)ccc4B4c5ccc(-n6c7ccccc7c7ccccc76)cc5N(c5c(-c6ccccc6)cc(-c6ccc(C(C)(C)C)cc6)cc5-c5ccccc5)c5cc(-c6ccc7c(c6)c6ccccc6n7-c6ccccc6)cc3c54)c(-c3ccccc3)c2)cc1. The predicted molar refractivity (Wildman–Crippen MR) is 544 cm³/mol. The van der Waals surface area contributed by atoms with E-state index in [-0.39, 0.29) is 17.5 Å². The number of anilines is 6. The van der Waals surface area contributed by atoms with Gasteiger partial charge < -0.3 is 23.5 Å². The molecule has 6 heteroatoms. The van der Waals surface area contributed by atoms with Crippen LogP contribution in [0.4, 0.5) is 34.1 Å². The van der Waals surface area contributed by atoms with E-state index in [2.05, 4.69) is 502 Å². The second-order valence-electron chi connectivity index (χ2n) is 36.7. The Balaban J connectivity index is 0.872. The fourth-order valence-corrected chi connectivity index (χ4v) is 20.9. The van der Waals surface area contributed by atoms with E-state index in [0.717, 1.165) is 168 Å². The molecule has 19 aromatic carbocycles. The average molecular weight is 1640 g/mol. The summed E-state index contributed by atoms with van der Waals surface area (Å²) in [4.78, 5) is 5.48. The van der Waals surface area contributed by atoms with Crippen LogP contribution >= 0.6 is 0 Å². The number of hydrogen-bond donors (Lipinski definition) is 0. The van der Waals surface area contributed by atoms with E-state index in [4.69, 9.17) is 0 Å². The van der Waals surface area contributed by atoms with Gasteiger partial charge in [0.05, 0.1) is 44.5 Å². The van der Waals surface area contributed by atoms with Crippen molar-refractivity contribution in [3.05, 3.63) is 448 Å². The van der Waals surface area contributed by atoms with Crippen LogP contribution in [0.15, 0.2) is 437 Å². The third-order valence-corrected chi connectivity index (χ3v) is 27.1. The lowest BCUT2D eigenvalue weighted by Gasteiger charge is -2.46. The molecule has 0 saturated heterocycles. The van der Waals surface area contributed by atoms with Crippen LogP contribution in [0.25, 0.3) is 171 Å². The first-order valence-corrected chi connectivity index (χ1v) is 44.8. The number of para-hydroxylation sites is 6. The maximum absolute atomic E-state index is 2.74. The van der Waals surface area contributed by atoms with Gasteiger partial charge in [-0.1, -0.05) is 351 Å². The second-order valence-corrected chi connectivity index (χ2v) is 36.7. The Bertz CT molecular complexity index is 7980. The lowest BCUT2D eigenvalue weighted by Crippen LogP contribution is -2.61. The van der Waals surface area contributed by atoms with Crippen molar-refractivity contribution in [2.24, 2.45) is 0 Å². The maximum Gasteiger partial charge on any atom is 0.252 e. The van der Waals surface area contributed by atoms with Gasteiger partial charge >= 0.3 is 0 Å². The van der Waals surface area contributed by atoms with Gasteiger partial charge in [-0.25, -0.2) is 0 Å². The molecule has 22 aromatic rings. The van der Waals surface area contributed by atoms with Crippen LogP contribution in [0, 0.1) is 0 Å². The molecule has 3 aromatic heterocycles. The third-order valence-electron chi connectivity index (χ3n) is 27.1. The van der Waals surface area contributed by atoms with E-state index >= 15 is 0 Å². The first-order chi connectivity index (χ1) is 62.8. The van der Waals surface area contributed by atoms with Crippen LogP contribution in [0.3, 0.4) is 0 Å². The van der Waals surface area contributed by atoms with E-state index in [1.165, 1.54) is 65.3 Å². The molecule has 2 aliphatic heterocycles. The Morgan fingerprint density at radius 3 is 0.836 bits per heavy atom. The monoisotopic (exact) mass is 1640 g/mol. The molecule has 5 nitrogen and oxygen atoms in total. The lowest BCUT2D eigenvalue weighted by molar-refractivity contribution is 0.590. The molecular formula is C122H90BN5. The molecule has 24 rings (SSSR count). The minimum absolute atomic E-state index is 0.0424. The van der Waals surface area contributed by atoms with Crippen molar-refractivity contribution in [2.45, 2.75) is 52.4 Å². The standard InChI is InChI=1S/C122H90BN5/c1-121(2,3)91-60-53-79(54-61-91)88-71-100(81-33-13-7-14-34-81)119(101(72-88)82-35-15-8-16-36-82)127-114-75-87(85-58-67-112-104(69-85)98-47-27-31-51-110(98)124(112)93-41-21-11-22-42-93)57-65-106(114)123-107-66-64-95(126-108-49-29-25-45-96(108)97-46-26-30-50-109(97)126)78-115(107)128(117-77-90(76-116(127)118(117)123)86-59-68-113-105(70-86)99-48-28-32-52-111(99)125(113)94-43-23-12-24-44-94)120-102(83-37-17-9-18-38-83)73-89(74-103(120)84-39-19-10-20-40-84)80-55-62-92(63-56-80)122(4,5)6/h7-78H,1-6H3. The number of rotatable bonds is 13. The van der Waals surface area contributed by atoms with Crippen LogP contribution in [0.2, 0.25) is 0 Å². The highest BCUT2D eigenvalue weighted by Crippen LogP contribution is 2.57. The van der Waals surface area contributed by atoms with Crippen LogP contribution in [-0.4, -0.2) is 20.4 Å². The summed E-state index contributed by atoms with van der Waals surface area (Å²) in [5.74, 6) is 0. The average Bonchev–Trinajstić information content (AvgIpc) is 1.00. The summed E-state index contributed by atoms with van der Waals surface area (Å²) in [5.41, 5.74) is 40.6. The Morgan fingerprint density at radius 1 is 0.188 bits per heavy atom. The Kier molecular flexibility index (Phi) is 17.8. The zero-order valence-electron chi connectivity index (χ0n) is 72.4. The highest BCUT2D eigenvalue weighted by atomic mass is 15.2. The van der Waals surface area contributed by atoms with Crippen LogP contribution in [-0.2, 0) is 10.8 Å². The Labute approximate surface area is 747 Å². The smallest absolute Gasteiger partial charge is 0.252 e. The number of fused-ring (bicyclic) bond motifs is 13. The van der Waals surface area contributed by atoms with Gasteiger partial charge in [-0.05, 0) is 233 Å². The van der Waals surface area contributed by atoms with E-state index in [0.29, 0.717) is 0 Å². The zero-order valence-corrected chi connectivity index (χ0v) is 72.4. The number of hydrogen-bond acceptors (Lipinski definition) is 2. The highest BCUT2D eigenvalue weighted by Gasteiger charge is 2.46. The van der Waals surface area contributed by atoms with Crippen molar-refractivity contribution in [3.63, 3.8) is 0 Å². The summed E-state index contributed by atoms with van der Waals surface area (Å²) >= 11 is 0. The summed E-state index contributed by atoms with van der Waals surface area (Å²) in [6, 6.07) is 166. The van der Waals surface area contributed by atoms with E-state index in [1.807, 2.05) is 0 Å². The predicted octanol–water partition coefficient (Wildman–Crippen LogP) is 31.0. The first kappa shape index (κ1) is 75.9. The molecule has 0 bridgehead atoms. The van der Waals surface area contributed by atoms with E-state index in [9.17, 15) is 0 Å². The molecular weight excluding hydrogens is 1550 g/mol. The van der Waals surface area contributed by atoms with Gasteiger partial charge in [0.1, 0.15) is 0 Å². The Hall–Kier alpha value is -15.8. The van der Waals surface area contributed by atoms with Gasteiger partial charge in [0.15, 0.2) is 0 Å². The van der Waals surface area contributed by atoms with E-state index < -0.39 is 0 Å². The molecule has 0 fully saturated rings. The molecule has 5 heterocycles. The third kappa shape index (κ3) is 12.5. The highest BCUT2D eigenvalue weighted by molar-refractivity contribution is 7.00. The normalized spacial score (nSPS) is 12.6. The quantitative estimate of drug-likeness (QED) is 0.107. The van der Waals surface area contributed by atoms with Crippen LogP contribution in [0.1, 0.15) is 52.7 Å². The van der Waals surface area contributed by atoms with Crippen molar-refractivity contribution in [2.75, 3.05) is 9.80 Å². The Morgan fingerprint density at radius 2 is 0.461 bits per heavy atom. The van der Waals surface area contributed by atoms with Crippen molar-refractivity contribution >= 4 is 123 Å². The van der Waals surface area contributed by atoms with Crippen LogP contribution in [0.5, 0.6) is 0 Å². The molecule has 0 amide bonds. The summed E-state index contributed by atoms with van der Waals surface area (Å²) in [6.45, 7) is 13.5. The van der Waals surface area contributed by atoms with Crippen LogP contribution < -0.4 is 26.2 Å². The molecule has 0 unspecified atom stereocenters. The lowest BCUT2D eigenvalue weighted by atomic mass is 9.33. The van der Waals surface area contributed by atoms with Crippen molar-refractivity contribution < 1.29 is 0 Å². The molecule has 0 saturated carbocycles. The fraction of sp³-hybridized carbons (Fsp3) is 0.0656. The van der Waals surface area contributed by atoms with Crippen molar-refractivity contribution in [1.82, 2.24) is 13.7 Å². The minimum atomic E-state index is -0.340.